The molecule has 0 bridgehead atoms. The van der Waals surface area contributed by atoms with E-state index in [1.165, 1.54) is 10.4 Å². The second-order valence-electron chi connectivity index (χ2n) is 10.1. The third-order valence-corrected chi connectivity index (χ3v) is 11.6. The molecule has 0 amide bonds. The van der Waals surface area contributed by atoms with Crippen LogP contribution in [0, 0.1) is 0 Å². The smallest absolute Gasteiger partial charge is 0.261 e. The molecule has 178 valence electrons. The average Bonchev–Trinajstić information content (AvgIpc) is 3.16. The quantitative estimate of drug-likeness (QED) is 0.379. The van der Waals surface area contributed by atoms with Gasteiger partial charge in [0.15, 0.2) is 0 Å². The lowest BCUT2D eigenvalue weighted by molar-refractivity contribution is 0.0114. The van der Waals surface area contributed by atoms with Crippen LogP contribution in [0.1, 0.15) is 53.4 Å². The Kier molecular flexibility index (Phi) is 8.88. The SMILES string of the molecule is C=C1C[C@H](CO[Si](c2ccccc2)(c2ccccc2)C(C)(C)C)O[C@@H]1CC[C@H](O)C/C=C/C. The Bertz CT molecular complexity index is 862. The Balaban J connectivity index is 1.76. The summed E-state index contributed by atoms with van der Waals surface area (Å²) < 4.78 is 13.4. The minimum atomic E-state index is -2.57. The zero-order chi connectivity index (χ0) is 23.9. The van der Waals surface area contributed by atoms with Gasteiger partial charge in [-0.05, 0) is 53.6 Å². The molecule has 2 aromatic rings. The van der Waals surface area contributed by atoms with Crippen molar-refractivity contribution >= 4 is 18.7 Å². The van der Waals surface area contributed by atoms with Gasteiger partial charge in [-0.25, -0.2) is 0 Å². The third-order valence-electron chi connectivity index (χ3n) is 6.61. The second kappa shape index (κ2) is 11.4. The fourth-order valence-electron chi connectivity index (χ4n) is 4.91. The Morgan fingerprint density at radius 3 is 2.18 bits per heavy atom. The van der Waals surface area contributed by atoms with E-state index in [-0.39, 0.29) is 23.4 Å². The fourth-order valence-corrected chi connectivity index (χ4v) is 9.50. The Hall–Kier alpha value is -1.98. The number of allylic oxidation sites excluding steroid dienone is 1. The predicted octanol–water partition coefficient (Wildman–Crippen LogP) is 5.38. The van der Waals surface area contributed by atoms with E-state index in [1.807, 2.05) is 19.1 Å². The second-order valence-corrected chi connectivity index (χ2v) is 14.4. The first-order valence-electron chi connectivity index (χ1n) is 12.1. The largest absolute Gasteiger partial charge is 0.405 e. The predicted molar refractivity (Wildman–Crippen MR) is 141 cm³/mol. The number of rotatable bonds is 10. The summed E-state index contributed by atoms with van der Waals surface area (Å²) in [5, 5.41) is 12.7. The van der Waals surface area contributed by atoms with E-state index in [1.54, 1.807) is 0 Å². The molecule has 0 aliphatic carbocycles. The summed E-state index contributed by atoms with van der Waals surface area (Å²) in [6, 6.07) is 21.4. The van der Waals surface area contributed by atoms with E-state index in [9.17, 15) is 5.11 Å². The number of ether oxygens (including phenoxy) is 1. The van der Waals surface area contributed by atoms with Crippen LogP contribution in [0.15, 0.2) is 85.0 Å². The number of aliphatic hydroxyl groups excluding tert-OH is 1. The molecule has 1 saturated heterocycles. The summed E-state index contributed by atoms with van der Waals surface area (Å²) in [6.45, 7) is 13.7. The van der Waals surface area contributed by atoms with Gasteiger partial charge in [0.1, 0.15) is 0 Å². The van der Waals surface area contributed by atoms with Gasteiger partial charge >= 0.3 is 0 Å². The molecule has 1 aliphatic rings. The van der Waals surface area contributed by atoms with Crippen molar-refractivity contribution in [1.29, 1.82) is 0 Å². The van der Waals surface area contributed by atoms with Gasteiger partial charge < -0.3 is 14.3 Å². The maximum atomic E-state index is 10.2. The van der Waals surface area contributed by atoms with E-state index in [2.05, 4.69) is 88.0 Å². The molecule has 0 radical (unpaired) electrons. The number of benzene rings is 2. The molecule has 1 N–H and O–H groups in total. The van der Waals surface area contributed by atoms with Crippen molar-refractivity contribution in [3.05, 3.63) is 85.0 Å². The normalized spacial score (nSPS) is 20.5. The highest BCUT2D eigenvalue weighted by Crippen LogP contribution is 2.38. The van der Waals surface area contributed by atoms with Crippen molar-refractivity contribution in [3.8, 4) is 0 Å². The number of hydrogen-bond acceptors (Lipinski definition) is 3. The molecule has 0 saturated carbocycles. The lowest BCUT2D eigenvalue weighted by atomic mass is 10.0. The van der Waals surface area contributed by atoms with Crippen LogP contribution in [0.5, 0.6) is 0 Å². The standard InChI is InChI=1S/C29H40O3Si/c1-6-7-14-24(30)19-20-28-23(2)21-25(32-28)22-31-33(29(3,4)5,26-15-10-8-11-16-26)27-17-12-9-13-18-27/h6-13,15-18,24-25,28,30H,2,14,19-22H2,1,3-5H3/b7-6+/t24-,25-,28-/m1/s1. The van der Waals surface area contributed by atoms with Gasteiger partial charge in [0, 0.05) is 0 Å². The van der Waals surface area contributed by atoms with Gasteiger partial charge in [0.25, 0.3) is 8.32 Å². The highest BCUT2D eigenvalue weighted by atomic mass is 28.4. The van der Waals surface area contributed by atoms with Crippen LogP contribution in [0.4, 0.5) is 0 Å². The van der Waals surface area contributed by atoms with Crippen LogP contribution in [-0.4, -0.2) is 38.3 Å². The molecule has 33 heavy (non-hydrogen) atoms. The molecule has 0 spiro atoms. The van der Waals surface area contributed by atoms with E-state index >= 15 is 0 Å². The number of aliphatic hydroxyl groups is 1. The monoisotopic (exact) mass is 464 g/mol. The van der Waals surface area contributed by atoms with E-state index in [0.29, 0.717) is 13.0 Å². The van der Waals surface area contributed by atoms with Crippen LogP contribution in [-0.2, 0) is 9.16 Å². The van der Waals surface area contributed by atoms with Crippen molar-refractivity contribution in [2.45, 2.75) is 76.7 Å². The lowest BCUT2D eigenvalue weighted by Gasteiger charge is -2.43. The summed E-state index contributed by atoms with van der Waals surface area (Å²) >= 11 is 0. The van der Waals surface area contributed by atoms with Crippen LogP contribution in [0.2, 0.25) is 5.04 Å². The van der Waals surface area contributed by atoms with Crippen LogP contribution >= 0.6 is 0 Å². The Morgan fingerprint density at radius 2 is 1.67 bits per heavy atom. The van der Waals surface area contributed by atoms with Crippen molar-refractivity contribution in [2.24, 2.45) is 0 Å². The average molecular weight is 465 g/mol. The lowest BCUT2D eigenvalue weighted by Crippen LogP contribution is -2.67. The highest BCUT2D eigenvalue weighted by molar-refractivity contribution is 6.99. The molecular formula is C29H40O3Si. The Morgan fingerprint density at radius 1 is 1.09 bits per heavy atom. The molecule has 4 heteroatoms. The van der Waals surface area contributed by atoms with Crippen LogP contribution in [0.25, 0.3) is 0 Å². The zero-order valence-corrected chi connectivity index (χ0v) is 21.7. The van der Waals surface area contributed by atoms with Crippen molar-refractivity contribution in [2.75, 3.05) is 6.61 Å². The van der Waals surface area contributed by atoms with Crippen molar-refractivity contribution in [3.63, 3.8) is 0 Å². The highest BCUT2D eigenvalue weighted by Gasteiger charge is 2.50. The molecule has 1 aliphatic heterocycles. The molecule has 0 unspecified atom stereocenters. The van der Waals surface area contributed by atoms with E-state index < -0.39 is 8.32 Å². The van der Waals surface area contributed by atoms with Gasteiger partial charge in [-0.1, -0.05) is 100 Å². The molecule has 1 fully saturated rings. The molecule has 3 nitrogen and oxygen atoms in total. The molecule has 3 atom stereocenters. The molecule has 0 aromatic heterocycles. The van der Waals surface area contributed by atoms with Gasteiger partial charge in [-0.15, -0.1) is 0 Å². The fraction of sp³-hybridized carbons (Fsp3) is 0.448. The maximum absolute atomic E-state index is 10.2. The summed E-state index contributed by atoms with van der Waals surface area (Å²) in [6.07, 6.45) is 6.68. The minimum absolute atomic E-state index is 0.00184. The number of hydrogen-bond donors (Lipinski definition) is 1. The van der Waals surface area contributed by atoms with Gasteiger partial charge in [-0.2, -0.15) is 0 Å². The van der Waals surface area contributed by atoms with Gasteiger partial charge in [-0.3, -0.25) is 0 Å². The van der Waals surface area contributed by atoms with Gasteiger partial charge in [0.2, 0.25) is 0 Å². The minimum Gasteiger partial charge on any atom is -0.405 e. The summed E-state index contributed by atoms with van der Waals surface area (Å²) in [4.78, 5) is 0. The molecule has 1 heterocycles. The topological polar surface area (TPSA) is 38.7 Å². The van der Waals surface area contributed by atoms with E-state index in [0.717, 1.165) is 24.8 Å². The summed E-state index contributed by atoms with van der Waals surface area (Å²) in [7, 11) is -2.57. The molecule has 3 rings (SSSR count). The molecule has 2 aromatic carbocycles. The van der Waals surface area contributed by atoms with Crippen LogP contribution < -0.4 is 10.4 Å². The van der Waals surface area contributed by atoms with Gasteiger partial charge in [0.05, 0.1) is 24.9 Å². The first-order valence-corrected chi connectivity index (χ1v) is 14.1. The van der Waals surface area contributed by atoms with E-state index in [4.69, 9.17) is 9.16 Å². The Labute approximate surface area is 201 Å². The molecular weight excluding hydrogens is 424 g/mol. The summed E-state index contributed by atoms with van der Waals surface area (Å²) in [5.41, 5.74) is 1.12. The first-order chi connectivity index (χ1) is 15.8. The van der Waals surface area contributed by atoms with Crippen molar-refractivity contribution < 1.29 is 14.3 Å². The third kappa shape index (κ3) is 6.13. The first kappa shape index (κ1) is 25.6. The summed E-state index contributed by atoms with van der Waals surface area (Å²) in [5.74, 6) is 0. The van der Waals surface area contributed by atoms with Crippen molar-refractivity contribution in [1.82, 2.24) is 0 Å². The zero-order valence-electron chi connectivity index (χ0n) is 20.7. The maximum Gasteiger partial charge on any atom is 0.261 e. The van der Waals surface area contributed by atoms with Crippen LogP contribution in [0.3, 0.4) is 0 Å².